The second kappa shape index (κ2) is 5.24. The third-order valence-electron chi connectivity index (χ3n) is 3.85. The molecular formula is C17H14N2O3S. The summed E-state index contributed by atoms with van der Waals surface area (Å²) in [5.74, 6) is 0.579. The summed E-state index contributed by atoms with van der Waals surface area (Å²) >= 11 is 0. The molecule has 0 unspecified atom stereocenters. The van der Waals surface area contributed by atoms with E-state index in [0.29, 0.717) is 23.6 Å². The number of benzene rings is 2. The van der Waals surface area contributed by atoms with Gasteiger partial charge in [0.25, 0.3) is 10.0 Å². The Morgan fingerprint density at radius 1 is 1.00 bits per heavy atom. The van der Waals surface area contributed by atoms with E-state index in [1.807, 2.05) is 18.2 Å². The van der Waals surface area contributed by atoms with Crippen LogP contribution in [-0.4, -0.2) is 26.6 Å². The molecule has 5 nitrogen and oxygen atoms in total. The Hall–Kier alpha value is -2.60. The van der Waals surface area contributed by atoms with Crippen LogP contribution in [0.25, 0.3) is 10.9 Å². The largest absolute Gasteiger partial charge is 0.489 e. The van der Waals surface area contributed by atoms with Gasteiger partial charge in [-0.1, -0.05) is 30.3 Å². The molecule has 6 heteroatoms. The number of aromatic nitrogens is 1. The van der Waals surface area contributed by atoms with Gasteiger partial charge in [-0.05, 0) is 24.3 Å². The predicted molar refractivity (Wildman–Crippen MR) is 88.2 cm³/mol. The van der Waals surface area contributed by atoms with Crippen molar-refractivity contribution < 1.29 is 13.2 Å². The molecule has 1 aromatic heterocycles. The lowest BCUT2D eigenvalue weighted by molar-refractivity contribution is 0.316. The molecular weight excluding hydrogens is 312 g/mol. The van der Waals surface area contributed by atoms with Gasteiger partial charge in [0, 0.05) is 11.6 Å². The van der Waals surface area contributed by atoms with Crippen molar-refractivity contribution in [3.05, 3.63) is 60.8 Å². The molecule has 0 radical (unpaired) electrons. The highest BCUT2D eigenvalue weighted by Crippen LogP contribution is 2.36. The first kappa shape index (κ1) is 14.0. The number of sulfonamides is 1. The summed E-state index contributed by atoms with van der Waals surface area (Å²) in [6, 6.07) is 16.0. The van der Waals surface area contributed by atoms with Crippen LogP contribution in [0.4, 0.5) is 5.69 Å². The minimum Gasteiger partial charge on any atom is -0.489 e. The van der Waals surface area contributed by atoms with Crippen molar-refractivity contribution in [2.24, 2.45) is 0 Å². The molecule has 0 fully saturated rings. The average Bonchev–Trinajstić information content (AvgIpc) is 2.60. The summed E-state index contributed by atoms with van der Waals surface area (Å²) in [5.41, 5.74) is 1.05. The summed E-state index contributed by atoms with van der Waals surface area (Å²) in [6.07, 6.45) is 1.61. The topological polar surface area (TPSA) is 59.5 Å². The van der Waals surface area contributed by atoms with Crippen LogP contribution in [0, 0.1) is 0 Å². The number of ether oxygens (including phenoxy) is 1. The van der Waals surface area contributed by atoms with Gasteiger partial charge in [-0.3, -0.25) is 9.29 Å². The summed E-state index contributed by atoms with van der Waals surface area (Å²) in [4.78, 5) is 4.48. The quantitative estimate of drug-likeness (QED) is 0.726. The Morgan fingerprint density at radius 2 is 1.83 bits per heavy atom. The van der Waals surface area contributed by atoms with Crippen LogP contribution in [0.2, 0.25) is 0 Å². The molecule has 0 bridgehead atoms. The molecule has 116 valence electrons. The monoisotopic (exact) mass is 326 g/mol. The molecule has 2 heterocycles. The molecule has 0 N–H and O–H groups in total. The summed E-state index contributed by atoms with van der Waals surface area (Å²) in [5, 5.41) is 0.801. The van der Waals surface area contributed by atoms with Crippen molar-refractivity contribution in [2.45, 2.75) is 4.90 Å². The van der Waals surface area contributed by atoms with Crippen LogP contribution in [-0.2, 0) is 10.0 Å². The highest BCUT2D eigenvalue weighted by atomic mass is 32.2. The molecule has 1 aliphatic rings. The maximum atomic E-state index is 13.2. The zero-order chi connectivity index (χ0) is 15.9. The van der Waals surface area contributed by atoms with Crippen LogP contribution < -0.4 is 9.04 Å². The standard InChI is InChI=1S/C17H14N2O3S/c20-23(21,16-9-3-5-13-6-4-10-18-17(13)16)19-11-12-22-15-8-2-1-7-14(15)19/h1-10H,11-12H2. The predicted octanol–water partition coefficient (Wildman–Crippen LogP) is 2.82. The fourth-order valence-corrected chi connectivity index (χ4v) is 4.42. The van der Waals surface area contributed by atoms with Crippen LogP contribution in [0.3, 0.4) is 0 Å². The van der Waals surface area contributed by atoms with E-state index >= 15 is 0 Å². The summed E-state index contributed by atoms with van der Waals surface area (Å²) in [6.45, 7) is 0.608. The van der Waals surface area contributed by atoms with Gasteiger partial charge in [-0.25, -0.2) is 8.42 Å². The molecule has 1 aliphatic heterocycles. The van der Waals surface area contributed by atoms with E-state index in [0.717, 1.165) is 5.39 Å². The van der Waals surface area contributed by atoms with Gasteiger partial charge in [-0.15, -0.1) is 0 Å². The zero-order valence-electron chi connectivity index (χ0n) is 12.2. The first-order valence-electron chi connectivity index (χ1n) is 7.26. The summed E-state index contributed by atoms with van der Waals surface area (Å²) in [7, 11) is -3.71. The molecule has 0 amide bonds. The molecule has 4 rings (SSSR count). The van der Waals surface area contributed by atoms with Crippen LogP contribution in [0.15, 0.2) is 65.7 Å². The van der Waals surface area contributed by atoms with Gasteiger partial charge in [0.05, 0.1) is 17.7 Å². The van der Waals surface area contributed by atoms with Gasteiger partial charge < -0.3 is 4.74 Å². The van der Waals surface area contributed by atoms with Gasteiger partial charge in [0.15, 0.2) is 0 Å². The molecule has 0 saturated carbocycles. The molecule has 0 spiro atoms. The number of pyridine rings is 1. The third kappa shape index (κ3) is 2.22. The SMILES string of the molecule is O=S(=O)(c1cccc2cccnc12)N1CCOc2ccccc21. The van der Waals surface area contributed by atoms with E-state index in [4.69, 9.17) is 4.74 Å². The minimum atomic E-state index is -3.71. The third-order valence-corrected chi connectivity index (χ3v) is 5.69. The number of para-hydroxylation sites is 3. The number of nitrogens with zero attached hydrogens (tertiary/aromatic N) is 2. The van der Waals surface area contributed by atoms with Gasteiger partial charge in [0.1, 0.15) is 17.3 Å². The van der Waals surface area contributed by atoms with Crippen molar-refractivity contribution >= 4 is 26.6 Å². The van der Waals surface area contributed by atoms with Crippen LogP contribution in [0.5, 0.6) is 5.75 Å². The van der Waals surface area contributed by atoms with Gasteiger partial charge >= 0.3 is 0 Å². The maximum Gasteiger partial charge on any atom is 0.266 e. The van der Waals surface area contributed by atoms with E-state index < -0.39 is 10.0 Å². The first-order chi connectivity index (χ1) is 11.2. The van der Waals surface area contributed by atoms with E-state index in [1.165, 1.54) is 4.31 Å². The van der Waals surface area contributed by atoms with E-state index in [1.54, 1.807) is 42.6 Å². The van der Waals surface area contributed by atoms with Crippen molar-refractivity contribution in [3.63, 3.8) is 0 Å². The van der Waals surface area contributed by atoms with E-state index in [9.17, 15) is 8.42 Å². The van der Waals surface area contributed by atoms with Crippen molar-refractivity contribution in [2.75, 3.05) is 17.5 Å². The second-order valence-electron chi connectivity index (χ2n) is 5.22. The fraction of sp³-hybridized carbons (Fsp3) is 0.118. The maximum absolute atomic E-state index is 13.2. The molecule has 0 aliphatic carbocycles. The number of hydrogen-bond acceptors (Lipinski definition) is 4. The number of fused-ring (bicyclic) bond motifs is 2. The van der Waals surface area contributed by atoms with Gasteiger partial charge in [-0.2, -0.15) is 0 Å². The average molecular weight is 326 g/mol. The van der Waals surface area contributed by atoms with E-state index in [-0.39, 0.29) is 11.4 Å². The van der Waals surface area contributed by atoms with Crippen molar-refractivity contribution in [1.29, 1.82) is 0 Å². The fourth-order valence-electron chi connectivity index (χ4n) is 2.80. The number of rotatable bonds is 2. The molecule has 0 saturated heterocycles. The van der Waals surface area contributed by atoms with Gasteiger partial charge in [0.2, 0.25) is 0 Å². The number of hydrogen-bond donors (Lipinski definition) is 0. The molecule has 0 atom stereocenters. The Kier molecular flexibility index (Phi) is 3.20. The normalized spacial score (nSPS) is 14.3. The van der Waals surface area contributed by atoms with Crippen molar-refractivity contribution in [1.82, 2.24) is 4.98 Å². The minimum absolute atomic E-state index is 0.215. The first-order valence-corrected chi connectivity index (χ1v) is 8.70. The Labute approximate surface area is 134 Å². The zero-order valence-corrected chi connectivity index (χ0v) is 13.0. The molecule has 3 aromatic rings. The highest BCUT2D eigenvalue weighted by Gasteiger charge is 2.31. The number of anilines is 1. The Morgan fingerprint density at radius 3 is 2.74 bits per heavy atom. The Balaban J connectivity index is 1.92. The highest BCUT2D eigenvalue weighted by molar-refractivity contribution is 7.93. The van der Waals surface area contributed by atoms with Crippen LogP contribution in [0.1, 0.15) is 0 Å². The smallest absolute Gasteiger partial charge is 0.266 e. The molecule has 2 aromatic carbocycles. The van der Waals surface area contributed by atoms with Crippen LogP contribution >= 0.6 is 0 Å². The Bertz CT molecular complexity index is 981. The lowest BCUT2D eigenvalue weighted by atomic mass is 10.2. The summed E-state index contributed by atoms with van der Waals surface area (Å²) < 4.78 is 33.3. The lowest BCUT2D eigenvalue weighted by Gasteiger charge is -2.30. The molecule has 23 heavy (non-hydrogen) atoms. The van der Waals surface area contributed by atoms with E-state index in [2.05, 4.69) is 4.98 Å². The second-order valence-corrected chi connectivity index (χ2v) is 7.06. The lowest BCUT2D eigenvalue weighted by Crippen LogP contribution is -2.38. The van der Waals surface area contributed by atoms with Crippen molar-refractivity contribution in [3.8, 4) is 5.75 Å².